The molecule has 0 atom stereocenters. The van der Waals surface area contributed by atoms with Crippen LogP contribution in [-0.2, 0) is 4.79 Å². The number of hydrogen-bond acceptors (Lipinski definition) is 3. The van der Waals surface area contributed by atoms with Crippen LogP contribution in [0.25, 0.3) is 0 Å². The summed E-state index contributed by atoms with van der Waals surface area (Å²) < 4.78 is 5.82. The van der Waals surface area contributed by atoms with Crippen molar-refractivity contribution in [3.63, 3.8) is 0 Å². The van der Waals surface area contributed by atoms with Crippen LogP contribution in [0.3, 0.4) is 0 Å². The maximum atomic E-state index is 12.5. The summed E-state index contributed by atoms with van der Waals surface area (Å²) in [5.41, 5.74) is 0.325. The monoisotopic (exact) mass is 297 g/mol. The summed E-state index contributed by atoms with van der Waals surface area (Å²) in [5.74, 6) is 0.357. The summed E-state index contributed by atoms with van der Waals surface area (Å²) in [6, 6.07) is 16.0. The normalized spacial score (nSPS) is 10.9. The van der Waals surface area contributed by atoms with Crippen molar-refractivity contribution in [2.45, 2.75) is 26.4 Å². The van der Waals surface area contributed by atoms with E-state index in [2.05, 4.69) is 5.32 Å². The average Bonchev–Trinajstić information content (AvgIpc) is 2.48. The van der Waals surface area contributed by atoms with Gasteiger partial charge in [-0.3, -0.25) is 9.59 Å². The summed E-state index contributed by atoms with van der Waals surface area (Å²) in [5, 5.41) is 2.68. The van der Waals surface area contributed by atoms with Gasteiger partial charge in [0.1, 0.15) is 5.75 Å². The van der Waals surface area contributed by atoms with Crippen molar-refractivity contribution in [3.8, 4) is 5.75 Å². The van der Waals surface area contributed by atoms with E-state index in [1.807, 2.05) is 18.2 Å². The first-order valence-electron chi connectivity index (χ1n) is 7.05. The second kappa shape index (κ2) is 6.43. The van der Waals surface area contributed by atoms with Gasteiger partial charge < -0.3 is 10.1 Å². The van der Waals surface area contributed by atoms with E-state index in [-0.39, 0.29) is 11.7 Å². The number of ether oxygens (including phenoxy) is 1. The predicted octanol–water partition coefficient (Wildman–Crippen LogP) is 3.69. The Balaban J connectivity index is 2.11. The number of carbonyl (C=O) groups is 2. The lowest BCUT2D eigenvalue weighted by Crippen LogP contribution is -2.38. The lowest BCUT2D eigenvalue weighted by molar-refractivity contribution is -0.114. The van der Waals surface area contributed by atoms with Crippen molar-refractivity contribution in [1.29, 1.82) is 0 Å². The Morgan fingerprint density at radius 2 is 1.55 bits per heavy atom. The molecule has 0 heterocycles. The molecule has 114 valence electrons. The van der Waals surface area contributed by atoms with Crippen LogP contribution < -0.4 is 10.1 Å². The highest BCUT2D eigenvalue weighted by Crippen LogP contribution is 2.23. The summed E-state index contributed by atoms with van der Waals surface area (Å²) >= 11 is 0. The van der Waals surface area contributed by atoms with Gasteiger partial charge in [-0.05, 0) is 38.1 Å². The Bertz CT molecular complexity index is 660. The highest BCUT2D eigenvalue weighted by atomic mass is 16.5. The van der Waals surface area contributed by atoms with E-state index in [4.69, 9.17) is 4.74 Å². The SMILES string of the molecule is CC(=O)Nc1ccc(OC(C)(C)C(=O)c2ccccc2)cc1. The van der Waals surface area contributed by atoms with Gasteiger partial charge in [-0.25, -0.2) is 0 Å². The molecule has 4 nitrogen and oxygen atoms in total. The quantitative estimate of drug-likeness (QED) is 0.856. The van der Waals surface area contributed by atoms with Gasteiger partial charge in [0, 0.05) is 18.2 Å². The van der Waals surface area contributed by atoms with Crippen LogP contribution in [0.5, 0.6) is 5.75 Å². The Hall–Kier alpha value is -2.62. The Labute approximate surface area is 130 Å². The third kappa shape index (κ3) is 3.95. The fourth-order valence-electron chi connectivity index (χ4n) is 2.09. The van der Waals surface area contributed by atoms with E-state index in [0.29, 0.717) is 17.0 Å². The fourth-order valence-corrected chi connectivity index (χ4v) is 2.09. The molecular weight excluding hydrogens is 278 g/mol. The van der Waals surface area contributed by atoms with Gasteiger partial charge in [-0.1, -0.05) is 30.3 Å². The number of benzene rings is 2. The first-order valence-corrected chi connectivity index (χ1v) is 7.05. The van der Waals surface area contributed by atoms with Crippen molar-refractivity contribution in [1.82, 2.24) is 0 Å². The van der Waals surface area contributed by atoms with E-state index >= 15 is 0 Å². The zero-order valence-electron chi connectivity index (χ0n) is 12.9. The molecule has 1 amide bonds. The van der Waals surface area contributed by atoms with Crippen LogP contribution in [-0.4, -0.2) is 17.3 Å². The standard InChI is InChI=1S/C18H19NO3/c1-13(20)19-15-9-11-16(12-10-15)22-18(2,3)17(21)14-7-5-4-6-8-14/h4-12H,1-3H3,(H,19,20). The number of carbonyl (C=O) groups excluding carboxylic acids is 2. The predicted molar refractivity (Wildman–Crippen MR) is 86.2 cm³/mol. The molecule has 22 heavy (non-hydrogen) atoms. The van der Waals surface area contributed by atoms with E-state index < -0.39 is 5.60 Å². The molecule has 0 radical (unpaired) electrons. The minimum absolute atomic E-state index is 0.0842. The molecule has 0 aromatic heterocycles. The van der Waals surface area contributed by atoms with Crippen LogP contribution in [0.15, 0.2) is 54.6 Å². The lowest BCUT2D eigenvalue weighted by Gasteiger charge is -2.25. The van der Waals surface area contributed by atoms with Crippen molar-refractivity contribution in [2.75, 3.05) is 5.32 Å². The molecule has 4 heteroatoms. The van der Waals surface area contributed by atoms with Crippen LogP contribution in [0, 0.1) is 0 Å². The highest BCUT2D eigenvalue weighted by molar-refractivity contribution is 6.02. The molecule has 0 aliphatic carbocycles. The molecule has 1 N–H and O–H groups in total. The number of nitrogens with one attached hydrogen (secondary N) is 1. The van der Waals surface area contributed by atoms with Crippen LogP contribution in [0.4, 0.5) is 5.69 Å². The Kier molecular flexibility index (Phi) is 4.61. The van der Waals surface area contributed by atoms with Crippen molar-refractivity contribution in [3.05, 3.63) is 60.2 Å². The molecule has 2 aromatic carbocycles. The van der Waals surface area contributed by atoms with Crippen molar-refractivity contribution < 1.29 is 14.3 Å². The average molecular weight is 297 g/mol. The molecule has 0 saturated carbocycles. The number of anilines is 1. The summed E-state index contributed by atoms with van der Waals surface area (Å²) in [4.78, 5) is 23.5. The smallest absolute Gasteiger partial charge is 0.221 e. The maximum absolute atomic E-state index is 12.5. The third-order valence-electron chi connectivity index (χ3n) is 3.13. The first kappa shape index (κ1) is 15.8. The number of hydrogen-bond donors (Lipinski definition) is 1. The van der Waals surface area contributed by atoms with Gasteiger partial charge in [0.15, 0.2) is 5.60 Å². The summed E-state index contributed by atoms with van der Waals surface area (Å²) in [6.45, 7) is 4.93. The molecular formula is C18H19NO3. The van der Waals surface area contributed by atoms with Gasteiger partial charge in [0.05, 0.1) is 0 Å². The second-order valence-corrected chi connectivity index (χ2v) is 5.51. The third-order valence-corrected chi connectivity index (χ3v) is 3.13. The topological polar surface area (TPSA) is 55.4 Å². The minimum Gasteiger partial charge on any atom is -0.480 e. The van der Waals surface area contributed by atoms with Gasteiger partial charge >= 0.3 is 0 Å². The van der Waals surface area contributed by atoms with Crippen molar-refractivity contribution >= 4 is 17.4 Å². The van der Waals surface area contributed by atoms with Crippen molar-refractivity contribution in [2.24, 2.45) is 0 Å². The van der Waals surface area contributed by atoms with E-state index in [1.165, 1.54) is 6.92 Å². The Morgan fingerprint density at radius 3 is 2.09 bits per heavy atom. The van der Waals surface area contributed by atoms with Gasteiger partial charge in [-0.15, -0.1) is 0 Å². The molecule has 0 aliphatic rings. The zero-order valence-corrected chi connectivity index (χ0v) is 12.9. The molecule has 0 bridgehead atoms. The second-order valence-electron chi connectivity index (χ2n) is 5.51. The fraction of sp³-hybridized carbons (Fsp3) is 0.222. The minimum atomic E-state index is -0.975. The largest absolute Gasteiger partial charge is 0.480 e. The maximum Gasteiger partial charge on any atom is 0.221 e. The summed E-state index contributed by atoms with van der Waals surface area (Å²) in [7, 11) is 0. The van der Waals surface area contributed by atoms with Gasteiger partial charge in [-0.2, -0.15) is 0 Å². The highest BCUT2D eigenvalue weighted by Gasteiger charge is 2.30. The first-order chi connectivity index (χ1) is 10.4. The summed E-state index contributed by atoms with van der Waals surface area (Å²) in [6.07, 6.45) is 0. The number of Topliss-reactive ketones (excluding diaryl/α,β-unsaturated/α-hetero) is 1. The number of rotatable bonds is 5. The molecule has 0 spiro atoms. The molecule has 0 fully saturated rings. The van der Waals surface area contributed by atoms with Crippen LogP contribution in [0.2, 0.25) is 0 Å². The zero-order chi connectivity index (χ0) is 16.2. The molecule has 0 saturated heterocycles. The van der Waals surface area contributed by atoms with E-state index in [9.17, 15) is 9.59 Å². The van der Waals surface area contributed by atoms with E-state index in [0.717, 1.165) is 0 Å². The molecule has 2 aromatic rings. The van der Waals surface area contributed by atoms with E-state index in [1.54, 1.807) is 50.2 Å². The number of amides is 1. The number of ketones is 1. The molecule has 0 aliphatic heterocycles. The Morgan fingerprint density at radius 1 is 0.955 bits per heavy atom. The lowest BCUT2D eigenvalue weighted by atomic mass is 9.96. The van der Waals surface area contributed by atoms with Gasteiger partial charge in [0.2, 0.25) is 11.7 Å². The van der Waals surface area contributed by atoms with Crippen LogP contribution in [0.1, 0.15) is 31.1 Å². The molecule has 2 rings (SSSR count). The molecule has 0 unspecified atom stereocenters. The van der Waals surface area contributed by atoms with Gasteiger partial charge in [0.25, 0.3) is 0 Å². The van der Waals surface area contributed by atoms with Crippen LogP contribution >= 0.6 is 0 Å².